The van der Waals surface area contributed by atoms with Crippen molar-refractivity contribution < 1.29 is 28.4 Å². The number of nitrogens with zero attached hydrogens (tertiary/aromatic N) is 2. The highest BCUT2D eigenvalue weighted by Gasteiger charge is 2.35. The van der Waals surface area contributed by atoms with Gasteiger partial charge in [-0.2, -0.15) is 0 Å². The summed E-state index contributed by atoms with van der Waals surface area (Å²) in [7, 11) is 0. The molecule has 3 aromatic rings. The Morgan fingerprint density at radius 1 is 1.14 bits per heavy atom. The Kier molecular flexibility index (Phi) is 7.58. The van der Waals surface area contributed by atoms with Crippen LogP contribution in [-0.2, 0) is 16.2 Å². The van der Waals surface area contributed by atoms with Crippen LogP contribution in [0.25, 0.3) is 6.08 Å². The predicted octanol–water partition coefficient (Wildman–Crippen LogP) is 4.61. The SMILES string of the molecule is O=C(CN1C(=O)N/C(=C/c2ccc(OCc3ccc([N+](=O)[O-])cc3)c(Br)c2)C1=O)Nc1ccccc1F. The van der Waals surface area contributed by atoms with Crippen molar-refractivity contribution in [3.8, 4) is 5.75 Å². The summed E-state index contributed by atoms with van der Waals surface area (Å²) in [6.07, 6.45) is 1.44. The predicted molar refractivity (Wildman–Crippen MR) is 135 cm³/mol. The molecule has 4 rings (SSSR count). The maximum atomic E-state index is 13.7. The molecule has 0 spiro atoms. The van der Waals surface area contributed by atoms with Crippen molar-refractivity contribution in [2.75, 3.05) is 11.9 Å². The van der Waals surface area contributed by atoms with Crippen molar-refractivity contribution in [3.63, 3.8) is 0 Å². The third-order valence-electron chi connectivity index (χ3n) is 5.22. The van der Waals surface area contributed by atoms with E-state index in [4.69, 9.17) is 4.74 Å². The lowest BCUT2D eigenvalue weighted by atomic mass is 10.2. The van der Waals surface area contributed by atoms with Crippen LogP contribution in [0.1, 0.15) is 11.1 Å². The number of non-ortho nitro benzene ring substituents is 1. The van der Waals surface area contributed by atoms with Gasteiger partial charge in [-0.1, -0.05) is 18.2 Å². The quantitative estimate of drug-likeness (QED) is 0.176. The molecule has 3 aromatic carbocycles. The number of halogens is 2. The van der Waals surface area contributed by atoms with Gasteiger partial charge in [-0.25, -0.2) is 14.1 Å². The van der Waals surface area contributed by atoms with E-state index in [1.165, 1.54) is 42.5 Å². The van der Waals surface area contributed by atoms with Gasteiger partial charge in [0.2, 0.25) is 5.91 Å². The van der Waals surface area contributed by atoms with Gasteiger partial charge in [0, 0.05) is 12.1 Å². The molecule has 1 fully saturated rings. The summed E-state index contributed by atoms with van der Waals surface area (Å²) >= 11 is 3.40. The minimum absolute atomic E-state index is 0.0137. The van der Waals surface area contributed by atoms with Crippen LogP contribution in [0.3, 0.4) is 0 Å². The number of imide groups is 1. The van der Waals surface area contributed by atoms with E-state index in [2.05, 4.69) is 26.6 Å². The molecule has 0 aromatic heterocycles. The van der Waals surface area contributed by atoms with E-state index in [0.717, 1.165) is 10.5 Å². The van der Waals surface area contributed by atoms with Gasteiger partial charge in [0.1, 0.15) is 30.4 Å². The van der Waals surface area contributed by atoms with Crippen LogP contribution >= 0.6 is 15.9 Å². The zero-order valence-electron chi connectivity index (χ0n) is 18.9. The Balaban J connectivity index is 1.39. The first-order valence-electron chi connectivity index (χ1n) is 10.8. The fraction of sp³-hybridized carbons (Fsp3) is 0.0800. The highest BCUT2D eigenvalue weighted by atomic mass is 79.9. The van der Waals surface area contributed by atoms with Crippen LogP contribution in [-0.4, -0.2) is 34.2 Å². The highest BCUT2D eigenvalue weighted by molar-refractivity contribution is 9.10. The van der Waals surface area contributed by atoms with E-state index in [1.54, 1.807) is 30.3 Å². The topological polar surface area (TPSA) is 131 Å². The lowest BCUT2D eigenvalue weighted by Gasteiger charge is -2.12. The van der Waals surface area contributed by atoms with Crippen LogP contribution in [0.15, 0.2) is 76.9 Å². The van der Waals surface area contributed by atoms with Crippen LogP contribution in [0.2, 0.25) is 0 Å². The minimum Gasteiger partial charge on any atom is -0.488 e. The molecular formula is C25H18BrFN4O6. The summed E-state index contributed by atoms with van der Waals surface area (Å²) in [5, 5.41) is 15.5. The number of nitrogens with one attached hydrogen (secondary N) is 2. The fourth-order valence-electron chi connectivity index (χ4n) is 3.38. The number of para-hydroxylation sites is 1. The number of rotatable bonds is 8. The van der Waals surface area contributed by atoms with Gasteiger partial charge in [0.25, 0.3) is 11.6 Å². The van der Waals surface area contributed by atoms with Crippen molar-refractivity contribution in [2.45, 2.75) is 6.61 Å². The maximum Gasteiger partial charge on any atom is 0.329 e. The van der Waals surface area contributed by atoms with E-state index in [9.17, 15) is 28.9 Å². The Morgan fingerprint density at radius 3 is 2.54 bits per heavy atom. The Morgan fingerprint density at radius 2 is 1.86 bits per heavy atom. The fourth-order valence-corrected chi connectivity index (χ4v) is 3.89. The summed E-state index contributed by atoms with van der Waals surface area (Å²) in [5.74, 6) is -1.58. The second-order valence-corrected chi connectivity index (χ2v) is 8.66. The van der Waals surface area contributed by atoms with Gasteiger partial charge in [-0.3, -0.25) is 19.7 Å². The molecule has 4 amide bonds. The number of nitro benzene ring substituents is 1. The van der Waals surface area contributed by atoms with Crippen molar-refractivity contribution in [2.24, 2.45) is 0 Å². The van der Waals surface area contributed by atoms with Crippen LogP contribution < -0.4 is 15.4 Å². The largest absolute Gasteiger partial charge is 0.488 e. The van der Waals surface area contributed by atoms with Crippen molar-refractivity contribution >= 4 is 51.2 Å². The second kappa shape index (κ2) is 11.0. The van der Waals surface area contributed by atoms with Crippen LogP contribution in [0.5, 0.6) is 5.75 Å². The number of ether oxygens (including phenoxy) is 1. The number of amides is 4. The standard InChI is InChI=1S/C25H18BrFN4O6/c26-18-11-16(7-10-22(18)37-14-15-5-8-17(9-6-15)31(35)36)12-21-24(33)30(25(34)29-21)13-23(32)28-20-4-2-1-3-19(20)27/h1-12H,13-14H2,(H,28,32)(H,29,34)/b21-12+. The monoisotopic (exact) mass is 568 g/mol. The van der Waals surface area contributed by atoms with Gasteiger partial charge in [0.05, 0.1) is 15.1 Å². The van der Waals surface area contributed by atoms with E-state index in [0.29, 0.717) is 15.8 Å². The van der Waals surface area contributed by atoms with Gasteiger partial charge in [0.15, 0.2) is 0 Å². The summed E-state index contributed by atoms with van der Waals surface area (Å²) < 4.78 is 20.1. The normalized spacial score (nSPS) is 14.0. The molecule has 0 unspecified atom stereocenters. The van der Waals surface area contributed by atoms with Crippen LogP contribution in [0.4, 0.5) is 20.6 Å². The lowest BCUT2D eigenvalue weighted by molar-refractivity contribution is -0.384. The van der Waals surface area contributed by atoms with Gasteiger partial charge in [-0.15, -0.1) is 0 Å². The molecule has 0 aliphatic carbocycles. The molecule has 0 bridgehead atoms. The Labute approximate surface area is 218 Å². The number of hydrogen-bond acceptors (Lipinski definition) is 6. The number of benzene rings is 3. The molecule has 1 aliphatic rings. The van der Waals surface area contributed by atoms with Crippen molar-refractivity contribution in [1.29, 1.82) is 0 Å². The molecule has 12 heteroatoms. The molecule has 37 heavy (non-hydrogen) atoms. The molecule has 2 N–H and O–H groups in total. The number of urea groups is 1. The summed E-state index contributed by atoms with van der Waals surface area (Å²) in [4.78, 5) is 48.2. The molecule has 10 nitrogen and oxygen atoms in total. The number of hydrogen-bond donors (Lipinski definition) is 2. The molecular weight excluding hydrogens is 551 g/mol. The lowest BCUT2D eigenvalue weighted by Crippen LogP contribution is -2.38. The molecule has 1 heterocycles. The van der Waals surface area contributed by atoms with Gasteiger partial charge < -0.3 is 15.4 Å². The van der Waals surface area contributed by atoms with Crippen molar-refractivity contribution in [3.05, 3.63) is 104 Å². The summed E-state index contributed by atoms with van der Waals surface area (Å²) in [6.45, 7) is -0.412. The first-order valence-corrected chi connectivity index (χ1v) is 11.5. The van der Waals surface area contributed by atoms with E-state index in [1.807, 2.05) is 0 Å². The van der Waals surface area contributed by atoms with Crippen molar-refractivity contribution in [1.82, 2.24) is 10.2 Å². The minimum atomic E-state index is -0.776. The van der Waals surface area contributed by atoms with Gasteiger partial charge >= 0.3 is 6.03 Å². The highest BCUT2D eigenvalue weighted by Crippen LogP contribution is 2.28. The third kappa shape index (κ3) is 6.16. The average molecular weight is 569 g/mol. The molecule has 0 radical (unpaired) electrons. The first kappa shape index (κ1) is 25.5. The third-order valence-corrected chi connectivity index (χ3v) is 5.84. The van der Waals surface area contributed by atoms with E-state index >= 15 is 0 Å². The summed E-state index contributed by atoms with van der Waals surface area (Å²) in [6, 6.07) is 15.7. The Hall–Kier alpha value is -4.58. The zero-order chi connectivity index (χ0) is 26.5. The molecule has 188 valence electrons. The molecule has 0 saturated carbocycles. The van der Waals surface area contributed by atoms with E-state index < -0.39 is 35.1 Å². The Bertz CT molecular complexity index is 1430. The second-order valence-electron chi connectivity index (χ2n) is 7.81. The first-order chi connectivity index (χ1) is 17.7. The molecule has 1 saturated heterocycles. The smallest absolute Gasteiger partial charge is 0.329 e. The molecule has 0 atom stereocenters. The number of nitro groups is 1. The number of anilines is 1. The average Bonchev–Trinajstić information content (AvgIpc) is 3.12. The maximum absolute atomic E-state index is 13.7. The zero-order valence-corrected chi connectivity index (χ0v) is 20.5. The number of carbonyl (C=O) groups excluding carboxylic acids is 3. The number of carbonyl (C=O) groups is 3. The van der Waals surface area contributed by atoms with Gasteiger partial charge in [-0.05, 0) is 69.5 Å². The summed E-state index contributed by atoms with van der Waals surface area (Å²) in [5.41, 5.74) is 1.20. The van der Waals surface area contributed by atoms with E-state index in [-0.39, 0.29) is 23.7 Å². The molecule has 1 aliphatic heterocycles. The van der Waals surface area contributed by atoms with Crippen LogP contribution in [0, 0.1) is 15.9 Å².